The van der Waals surface area contributed by atoms with Gasteiger partial charge in [0.15, 0.2) is 5.13 Å². The Morgan fingerprint density at radius 2 is 1.88 bits per heavy atom. The molecule has 0 fully saturated rings. The molecule has 128 valence electrons. The molecule has 6 nitrogen and oxygen atoms in total. The Kier molecular flexibility index (Phi) is 4.67. The largest absolute Gasteiger partial charge is 0.497 e. The van der Waals surface area contributed by atoms with Crippen molar-refractivity contribution in [2.24, 2.45) is 0 Å². The summed E-state index contributed by atoms with van der Waals surface area (Å²) < 4.78 is 5.15. The Morgan fingerprint density at radius 1 is 1.16 bits per heavy atom. The van der Waals surface area contributed by atoms with E-state index in [0.717, 1.165) is 21.9 Å². The Balaban J connectivity index is 1.84. The van der Waals surface area contributed by atoms with E-state index in [1.54, 1.807) is 20.1 Å². The summed E-state index contributed by atoms with van der Waals surface area (Å²) >= 11 is 1.36. The van der Waals surface area contributed by atoms with Gasteiger partial charge < -0.3 is 9.72 Å². The topological polar surface area (TPSA) is 84.1 Å². The molecular formula is C18H17N3O3S. The van der Waals surface area contributed by atoms with Gasteiger partial charge in [-0.25, -0.2) is 4.98 Å². The van der Waals surface area contributed by atoms with E-state index >= 15 is 0 Å². The molecule has 0 aliphatic rings. The first kappa shape index (κ1) is 16.9. The number of hydrogen-bond donors (Lipinski definition) is 2. The number of carbonyl (C=O) groups excluding carboxylic acids is 1. The molecule has 0 aliphatic carbocycles. The van der Waals surface area contributed by atoms with Crippen molar-refractivity contribution in [3.63, 3.8) is 0 Å². The van der Waals surface area contributed by atoms with E-state index in [0.29, 0.717) is 10.8 Å². The first-order valence-electron chi connectivity index (χ1n) is 7.61. The number of benzene rings is 1. The highest BCUT2D eigenvalue weighted by atomic mass is 32.1. The van der Waals surface area contributed by atoms with Crippen molar-refractivity contribution >= 4 is 22.4 Å². The molecule has 0 unspecified atom stereocenters. The average molecular weight is 355 g/mol. The van der Waals surface area contributed by atoms with E-state index in [9.17, 15) is 9.59 Å². The standard InChI is InChI=1S/C18H17N3O3S/c1-10-4-9-14(16(22)19-10)17(23)21-18-20-15(11(2)25-18)12-5-7-13(24-3)8-6-12/h4-9H,1-3H3,(H,19,22)(H,20,21,23). The fourth-order valence-electron chi connectivity index (χ4n) is 2.38. The molecule has 0 bridgehead atoms. The van der Waals surface area contributed by atoms with Crippen LogP contribution in [-0.4, -0.2) is 23.0 Å². The number of nitrogens with one attached hydrogen (secondary N) is 2. The summed E-state index contributed by atoms with van der Waals surface area (Å²) in [5.74, 6) is 0.292. The van der Waals surface area contributed by atoms with Crippen molar-refractivity contribution in [3.8, 4) is 17.0 Å². The smallest absolute Gasteiger partial charge is 0.263 e. The SMILES string of the molecule is COc1ccc(-c2nc(NC(=O)c3ccc(C)[nH]c3=O)sc2C)cc1. The molecule has 0 saturated heterocycles. The van der Waals surface area contributed by atoms with Crippen LogP contribution in [-0.2, 0) is 0 Å². The summed E-state index contributed by atoms with van der Waals surface area (Å²) in [6.45, 7) is 3.69. The summed E-state index contributed by atoms with van der Waals surface area (Å²) in [7, 11) is 1.61. The number of H-pyrrole nitrogens is 1. The van der Waals surface area contributed by atoms with E-state index in [1.807, 2.05) is 31.2 Å². The number of nitrogens with zero attached hydrogens (tertiary/aromatic N) is 1. The van der Waals surface area contributed by atoms with Crippen LogP contribution in [0.4, 0.5) is 5.13 Å². The summed E-state index contributed by atoms with van der Waals surface area (Å²) in [6.07, 6.45) is 0. The lowest BCUT2D eigenvalue weighted by Crippen LogP contribution is -2.23. The van der Waals surface area contributed by atoms with Gasteiger partial charge in [-0.15, -0.1) is 11.3 Å². The number of amides is 1. The zero-order chi connectivity index (χ0) is 18.0. The van der Waals surface area contributed by atoms with E-state index in [1.165, 1.54) is 17.4 Å². The van der Waals surface area contributed by atoms with Gasteiger partial charge in [-0.05, 0) is 50.2 Å². The van der Waals surface area contributed by atoms with Gasteiger partial charge in [0.1, 0.15) is 11.3 Å². The van der Waals surface area contributed by atoms with Gasteiger partial charge in [0.05, 0.1) is 12.8 Å². The van der Waals surface area contributed by atoms with Gasteiger partial charge in [0.25, 0.3) is 11.5 Å². The fourth-order valence-corrected chi connectivity index (χ4v) is 3.21. The molecule has 25 heavy (non-hydrogen) atoms. The van der Waals surface area contributed by atoms with Crippen LogP contribution in [0, 0.1) is 13.8 Å². The van der Waals surface area contributed by atoms with Crippen LogP contribution in [0.5, 0.6) is 5.75 Å². The van der Waals surface area contributed by atoms with Crippen molar-refractivity contribution in [1.29, 1.82) is 0 Å². The minimum absolute atomic E-state index is 0.0597. The third-order valence-corrected chi connectivity index (χ3v) is 4.57. The number of anilines is 1. The highest BCUT2D eigenvalue weighted by molar-refractivity contribution is 7.16. The molecule has 2 N–H and O–H groups in total. The van der Waals surface area contributed by atoms with Gasteiger partial charge in [-0.3, -0.25) is 14.9 Å². The van der Waals surface area contributed by atoms with Gasteiger partial charge >= 0.3 is 0 Å². The molecule has 1 aromatic carbocycles. The van der Waals surface area contributed by atoms with E-state index in [2.05, 4.69) is 15.3 Å². The van der Waals surface area contributed by atoms with Gasteiger partial charge in [-0.1, -0.05) is 0 Å². The van der Waals surface area contributed by atoms with Crippen LogP contribution in [0.3, 0.4) is 0 Å². The van der Waals surface area contributed by atoms with Gasteiger partial charge in [0, 0.05) is 16.1 Å². The van der Waals surface area contributed by atoms with Gasteiger partial charge in [0.2, 0.25) is 0 Å². The maximum Gasteiger partial charge on any atom is 0.263 e. The second-order valence-corrected chi connectivity index (χ2v) is 6.69. The quantitative estimate of drug-likeness (QED) is 0.751. The van der Waals surface area contributed by atoms with E-state index in [-0.39, 0.29) is 5.56 Å². The lowest BCUT2D eigenvalue weighted by Gasteiger charge is -2.02. The zero-order valence-electron chi connectivity index (χ0n) is 14.0. The predicted octanol–water partition coefficient (Wildman–Crippen LogP) is 3.38. The second-order valence-electron chi connectivity index (χ2n) is 5.49. The third-order valence-electron chi connectivity index (χ3n) is 3.68. The zero-order valence-corrected chi connectivity index (χ0v) is 14.9. The molecule has 3 aromatic rings. The monoisotopic (exact) mass is 355 g/mol. The first-order chi connectivity index (χ1) is 12.0. The first-order valence-corrected chi connectivity index (χ1v) is 8.42. The Morgan fingerprint density at radius 3 is 2.52 bits per heavy atom. The number of aromatic nitrogens is 2. The molecule has 3 rings (SSSR count). The minimum Gasteiger partial charge on any atom is -0.497 e. The van der Waals surface area contributed by atoms with Crippen molar-refractivity contribution < 1.29 is 9.53 Å². The number of thiazole rings is 1. The second kappa shape index (κ2) is 6.90. The lowest BCUT2D eigenvalue weighted by atomic mass is 10.1. The van der Waals surface area contributed by atoms with Crippen LogP contribution in [0.1, 0.15) is 20.9 Å². The fraction of sp³-hybridized carbons (Fsp3) is 0.167. The van der Waals surface area contributed by atoms with Crippen LogP contribution >= 0.6 is 11.3 Å². The Bertz CT molecular complexity index is 974. The molecule has 1 amide bonds. The molecule has 0 aliphatic heterocycles. The van der Waals surface area contributed by atoms with Crippen LogP contribution < -0.4 is 15.6 Å². The highest BCUT2D eigenvalue weighted by Crippen LogP contribution is 2.31. The molecule has 0 saturated carbocycles. The maximum absolute atomic E-state index is 12.3. The molecule has 7 heteroatoms. The summed E-state index contributed by atoms with van der Waals surface area (Å²) in [5.41, 5.74) is 2.07. The van der Waals surface area contributed by atoms with Crippen molar-refractivity contribution in [1.82, 2.24) is 9.97 Å². The number of ether oxygens (including phenoxy) is 1. The van der Waals surface area contributed by atoms with Crippen molar-refractivity contribution in [3.05, 3.63) is 62.9 Å². The van der Waals surface area contributed by atoms with Crippen LogP contribution in [0.25, 0.3) is 11.3 Å². The van der Waals surface area contributed by atoms with Crippen molar-refractivity contribution in [2.75, 3.05) is 12.4 Å². The van der Waals surface area contributed by atoms with E-state index in [4.69, 9.17) is 4.74 Å². The van der Waals surface area contributed by atoms with Crippen LogP contribution in [0.2, 0.25) is 0 Å². The minimum atomic E-state index is -0.476. The number of methoxy groups -OCH3 is 1. The lowest BCUT2D eigenvalue weighted by molar-refractivity contribution is 0.102. The number of carbonyl (C=O) groups is 1. The molecular weight excluding hydrogens is 338 g/mol. The predicted molar refractivity (Wildman–Crippen MR) is 98.6 cm³/mol. The molecule has 0 atom stereocenters. The molecule has 2 heterocycles. The van der Waals surface area contributed by atoms with Crippen LogP contribution in [0.15, 0.2) is 41.2 Å². The normalized spacial score (nSPS) is 10.5. The number of rotatable bonds is 4. The van der Waals surface area contributed by atoms with Crippen molar-refractivity contribution in [2.45, 2.75) is 13.8 Å². The summed E-state index contributed by atoms with van der Waals surface area (Å²) in [4.78, 5) is 32.3. The molecule has 0 spiro atoms. The Hall–Kier alpha value is -2.93. The average Bonchev–Trinajstić information content (AvgIpc) is 2.95. The molecule has 0 radical (unpaired) electrons. The summed E-state index contributed by atoms with van der Waals surface area (Å²) in [5, 5.41) is 3.15. The summed E-state index contributed by atoms with van der Waals surface area (Å²) in [6, 6.07) is 10.7. The van der Waals surface area contributed by atoms with E-state index < -0.39 is 11.5 Å². The number of hydrogen-bond acceptors (Lipinski definition) is 5. The molecule has 2 aromatic heterocycles. The number of pyridine rings is 1. The van der Waals surface area contributed by atoms with Gasteiger partial charge in [-0.2, -0.15) is 0 Å². The number of aryl methyl sites for hydroxylation is 2. The third kappa shape index (κ3) is 3.61. The number of aromatic amines is 1. The Labute approximate surface area is 148 Å². The highest BCUT2D eigenvalue weighted by Gasteiger charge is 2.15. The maximum atomic E-state index is 12.3.